The van der Waals surface area contributed by atoms with Crippen molar-refractivity contribution in [3.8, 4) is 0 Å². The molecule has 0 saturated carbocycles. The Balaban J connectivity index is 2.50. The highest BCUT2D eigenvalue weighted by atomic mass is 32.1. The molecule has 2 N–H and O–H groups in total. The number of thiophene rings is 1. The largest absolute Gasteiger partial charge is 0.396 e. The molecule has 0 aliphatic rings. The van der Waals surface area contributed by atoms with Crippen LogP contribution in [-0.2, 0) is 0 Å². The second-order valence-corrected chi connectivity index (χ2v) is 4.65. The molecule has 0 bridgehead atoms. The van der Waals surface area contributed by atoms with Gasteiger partial charge in [-0.15, -0.1) is 11.3 Å². The van der Waals surface area contributed by atoms with E-state index in [0.29, 0.717) is 22.0 Å². The maximum absolute atomic E-state index is 12.2. The average Bonchev–Trinajstić information content (AvgIpc) is 2.77. The molecule has 0 unspecified atom stereocenters. The van der Waals surface area contributed by atoms with Crippen molar-refractivity contribution in [2.75, 3.05) is 5.73 Å². The van der Waals surface area contributed by atoms with Crippen LogP contribution in [0.25, 0.3) is 0 Å². The SMILES string of the molecule is Cc1ccsc1C(=O)n1nc(C)c(N)c1C. The zero-order chi connectivity index (χ0) is 11.9. The molecule has 2 rings (SSSR count). The number of aromatic nitrogens is 2. The first-order valence-electron chi connectivity index (χ1n) is 4.93. The minimum absolute atomic E-state index is 0.107. The van der Waals surface area contributed by atoms with E-state index < -0.39 is 0 Å². The summed E-state index contributed by atoms with van der Waals surface area (Å²) in [4.78, 5) is 12.9. The summed E-state index contributed by atoms with van der Waals surface area (Å²) in [6.07, 6.45) is 0. The van der Waals surface area contributed by atoms with Gasteiger partial charge in [-0.05, 0) is 37.8 Å². The molecule has 84 valence electrons. The fourth-order valence-electron chi connectivity index (χ4n) is 1.54. The number of carbonyl (C=O) groups excluding carboxylic acids is 1. The Morgan fingerprint density at radius 2 is 2.12 bits per heavy atom. The van der Waals surface area contributed by atoms with Gasteiger partial charge in [0.15, 0.2) is 0 Å². The highest BCUT2D eigenvalue weighted by Gasteiger charge is 2.18. The molecule has 0 saturated heterocycles. The second-order valence-electron chi connectivity index (χ2n) is 3.73. The first-order valence-corrected chi connectivity index (χ1v) is 5.81. The van der Waals surface area contributed by atoms with Gasteiger partial charge in [-0.25, -0.2) is 0 Å². The molecule has 2 aromatic heterocycles. The number of nitrogens with two attached hydrogens (primary N) is 1. The minimum atomic E-state index is -0.107. The number of nitrogens with zero attached hydrogens (tertiary/aromatic N) is 2. The molecular formula is C11H13N3OS. The third-order valence-electron chi connectivity index (χ3n) is 2.60. The van der Waals surface area contributed by atoms with Crippen LogP contribution in [0, 0.1) is 20.8 Å². The Morgan fingerprint density at radius 1 is 1.44 bits per heavy atom. The Hall–Kier alpha value is -1.62. The van der Waals surface area contributed by atoms with E-state index in [4.69, 9.17) is 5.73 Å². The summed E-state index contributed by atoms with van der Waals surface area (Å²) in [5.41, 5.74) is 8.76. The third-order valence-corrected chi connectivity index (χ3v) is 3.60. The molecule has 2 aromatic rings. The van der Waals surface area contributed by atoms with Gasteiger partial charge in [-0.2, -0.15) is 9.78 Å². The second kappa shape index (κ2) is 3.75. The zero-order valence-corrected chi connectivity index (χ0v) is 10.3. The highest BCUT2D eigenvalue weighted by Crippen LogP contribution is 2.20. The molecule has 0 aliphatic heterocycles. The number of anilines is 1. The molecule has 0 atom stereocenters. The van der Waals surface area contributed by atoms with Crippen LogP contribution in [0.15, 0.2) is 11.4 Å². The molecule has 0 fully saturated rings. The van der Waals surface area contributed by atoms with Gasteiger partial charge < -0.3 is 5.73 Å². The summed E-state index contributed by atoms with van der Waals surface area (Å²) < 4.78 is 1.38. The van der Waals surface area contributed by atoms with Gasteiger partial charge in [0.1, 0.15) is 0 Å². The minimum Gasteiger partial charge on any atom is -0.396 e. The van der Waals surface area contributed by atoms with Gasteiger partial charge in [0.2, 0.25) is 0 Å². The Bertz CT molecular complexity index is 554. The maximum atomic E-state index is 12.2. The van der Waals surface area contributed by atoms with Crippen LogP contribution in [-0.4, -0.2) is 15.7 Å². The molecule has 0 aliphatic carbocycles. The fourth-order valence-corrected chi connectivity index (χ4v) is 2.39. The van der Waals surface area contributed by atoms with Crippen molar-refractivity contribution in [1.82, 2.24) is 9.78 Å². The van der Waals surface area contributed by atoms with Crippen molar-refractivity contribution in [2.45, 2.75) is 20.8 Å². The van der Waals surface area contributed by atoms with E-state index in [1.165, 1.54) is 16.0 Å². The third kappa shape index (κ3) is 1.53. The van der Waals surface area contributed by atoms with E-state index in [1.807, 2.05) is 18.4 Å². The lowest BCUT2D eigenvalue weighted by atomic mass is 10.3. The molecule has 5 heteroatoms. The Morgan fingerprint density at radius 3 is 2.56 bits per heavy atom. The monoisotopic (exact) mass is 235 g/mol. The molecule has 0 radical (unpaired) electrons. The van der Waals surface area contributed by atoms with Crippen molar-refractivity contribution >= 4 is 22.9 Å². The van der Waals surface area contributed by atoms with E-state index in [-0.39, 0.29) is 5.91 Å². The van der Waals surface area contributed by atoms with E-state index in [2.05, 4.69) is 5.10 Å². The highest BCUT2D eigenvalue weighted by molar-refractivity contribution is 7.12. The van der Waals surface area contributed by atoms with Gasteiger partial charge in [0.05, 0.1) is 22.0 Å². The van der Waals surface area contributed by atoms with Crippen LogP contribution in [0.3, 0.4) is 0 Å². The molecule has 4 nitrogen and oxygen atoms in total. The number of hydrogen-bond donors (Lipinski definition) is 1. The maximum Gasteiger partial charge on any atom is 0.288 e. The Kier molecular flexibility index (Phi) is 2.55. The fraction of sp³-hybridized carbons (Fsp3) is 0.273. The molecule has 0 aromatic carbocycles. The number of hydrogen-bond acceptors (Lipinski definition) is 4. The van der Waals surface area contributed by atoms with Crippen molar-refractivity contribution in [3.63, 3.8) is 0 Å². The normalized spacial score (nSPS) is 10.7. The van der Waals surface area contributed by atoms with Gasteiger partial charge in [-0.1, -0.05) is 0 Å². The predicted octanol–water partition coefficient (Wildman–Crippen LogP) is 2.14. The number of aryl methyl sites for hydroxylation is 2. The summed E-state index contributed by atoms with van der Waals surface area (Å²) in [5, 5.41) is 6.06. The smallest absolute Gasteiger partial charge is 0.288 e. The average molecular weight is 235 g/mol. The van der Waals surface area contributed by atoms with Crippen LogP contribution in [0.2, 0.25) is 0 Å². The van der Waals surface area contributed by atoms with Gasteiger partial charge >= 0.3 is 0 Å². The zero-order valence-electron chi connectivity index (χ0n) is 9.44. The van der Waals surface area contributed by atoms with Gasteiger partial charge in [0, 0.05) is 0 Å². The van der Waals surface area contributed by atoms with Crippen molar-refractivity contribution in [3.05, 3.63) is 33.3 Å². The van der Waals surface area contributed by atoms with E-state index in [1.54, 1.807) is 13.8 Å². The lowest BCUT2D eigenvalue weighted by Crippen LogP contribution is -2.15. The quantitative estimate of drug-likeness (QED) is 0.823. The summed E-state index contributed by atoms with van der Waals surface area (Å²) in [6.45, 7) is 5.52. The van der Waals surface area contributed by atoms with Crippen molar-refractivity contribution < 1.29 is 4.79 Å². The first kappa shape index (κ1) is 10.9. The number of rotatable bonds is 1. The summed E-state index contributed by atoms with van der Waals surface area (Å²) >= 11 is 1.43. The molecule has 16 heavy (non-hydrogen) atoms. The van der Waals surface area contributed by atoms with Crippen LogP contribution in [0.5, 0.6) is 0 Å². The van der Waals surface area contributed by atoms with Crippen LogP contribution < -0.4 is 5.73 Å². The van der Waals surface area contributed by atoms with E-state index >= 15 is 0 Å². The predicted molar refractivity (Wildman–Crippen MR) is 64.9 cm³/mol. The molecule has 2 heterocycles. The molecular weight excluding hydrogens is 222 g/mol. The van der Waals surface area contributed by atoms with Gasteiger partial charge in [-0.3, -0.25) is 4.79 Å². The summed E-state index contributed by atoms with van der Waals surface area (Å²) in [5.74, 6) is -0.107. The van der Waals surface area contributed by atoms with Gasteiger partial charge in [0.25, 0.3) is 5.91 Å². The molecule has 0 spiro atoms. The lowest BCUT2D eigenvalue weighted by Gasteiger charge is -2.01. The molecule has 0 amide bonds. The van der Waals surface area contributed by atoms with E-state index in [0.717, 1.165) is 5.56 Å². The van der Waals surface area contributed by atoms with Crippen LogP contribution in [0.1, 0.15) is 26.6 Å². The standard InChI is InChI=1S/C11H13N3OS/c1-6-4-5-16-10(6)11(15)14-8(3)9(12)7(2)13-14/h4-5H,12H2,1-3H3. The van der Waals surface area contributed by atoms with Crippen molar-refractivity contribution in [2.24, 2.45) is 0 Å². The Labute approximate surface area is 97.7 Å². The number of carbonyl (C=O) groups is 1. The summed E-state index contributed by atoms with van der Waals surface area (Å²) in [7, 11) is 0. The van der Waals surface area contributed by atoms with E-state index in [9.17, 15) is 4.79 Å². The van der Waals surface area contributed by atoms with Crippen LogP contribution in [0.4, 0.5) is 5.69 Å². The van der Waals surface area contributed by atoms with Crippen LogP contribution >= 0.6 is 11.3 Å². The topological polar surface area (TPSA) is 60.9 Å². The lowest BCUT2D eigenvalue weighted by molar-refractivity contribution is 0.0946. The van der Waals surface area contributed by atoms with Crippen molar-refractivity contribution in [1.29, 1.82) is 0 Å². The summed E-state index contributed by atoms with van der Waals surface area (Å²) in [6, 6.07) is 1.92. The first-order chi connectivity index (χ1) is 7.52. The number of nitrogen functional groups attached to an aromatic ring is 1.